The van der Waals surface area contributed by atoms with Crippen molar-refractivity contribution in [2.75, 3.05) is 0 Å². The summed E-state index contributed by atoms with van der Waals surface area (Å²) < 4.78 is 12.4. The van der Waals surface area contributed by atoms with Crippen molar-refractivity contribution in [3.63, 3.8) is 0 Å². The lowest BCUT2D eigenvalue weighted by Crippen LogP contribution is -2.16. The largest absolute Gasteiger partial charge is 0.299 e. The summed E-state index contributed by atoms with van der Waals surface area (Å²) in [6, 6.07) is 7.31. The Balaban J connectivity index is 2.37. The monoisotopic (exact) mass is 192 g/mol. The molecule has 74 valence electrons. The van der Waals surface area contributed by atoms with Crippen molar-refractivity contribution in [2.24, 2.45) is 0 Å². The zero-order chi connectivity index (χ0) is 10.2. The lowest BCUT2D eigenvalue weighted by molar-refractivity contribution is -0.119. The van der Waals surface area contributed by atoms with E-state index in [4.69, 9.17) is 0 Å². The first-order valence-electron chi connectivity index (χ1n) is 4.85. The minimum atomic E-state index is -0.457. The molecule has 1 nitrogen and oxygen atoms in total. The number of carbonyl (C=O) groups is 1. The van der Waals surface area contributed by atoms with Crippen LogP contribution >= 0.6 is 0 Å². The van der Waals surface area contributed by atoms with Crippen LogP contribution in [0, 0.1) is 0 Å². The van der Waals surface area contributed by atoms with Gasteiger partial charge in [0.1, 0.15) is 12.5 Å². The average molecular weight is 192 g/mol. The summed E-state index contributed by atoms with van der Waals surface area (Å²) in [6.07, 6.45) is 1.83. The van der Waals surface area contributed by atoms with Crippen molar-refractivity contribution in [3.8, 4) is 0 Å². The number of ketones is 1. The van der Waals surface area contributed by atoms with Gasteiger partial charge in [-0.3, -0.25) is 4.79 Å². The van der Waals surface area contributed by atoms with Crippen molar-refractivity contribution < 1.29 is 9.18 Å². The third-order valence-electron chi connectivity index (χ3n) is 3.06. The molecule has 2 heteroatoms. The molecule has 1 fully saturated rings. The van der Waals surface area contributed by atoms with Crippen molar-refractivity contribution in [3.05, 3.63) is 35.4 Å². The van der Waals surface area contributed by atoms with Crippen molar-refractivity contribution >= 4 is 5.78 Å². The first-order chi connectivity index (χ1) is 6.69. The Morgan fingerprint density at radius 1 is 1.50 bits per heavy atom. The number of Topliss-reactive ketones (excluding diaryl/α,β-unsaturated/α-hetero) is 1. The van der Waals surface area contributed by atoms with Crippen molar-refractivity contribution in [1.29, 1.82) is 0 Å². The van der Waals surface area contributed by atoms with Crippen LogP contribution < -0.4 is 0 Å². The van der Waals surface area contributed by atoms with Crippen LogP contribution in [0.2, 0.25) is 0 Å². The van der Waals surface area contributed by atoms with E-state index in [1.165, 1.54) is 0 Å². The fourth-order valence-corrected chi connectivity index (χ4v) is 1.92. The number of hydrogen-bond donors (Lipinski definition) is 0. The fourth-order valence-electron chi connectivity index (χ4n) is 1.92. The Morgan fingerprint density at radius 3 is 2.71 bits per heavy atom. The van der Waals surface area contributed by atoms with Crippen LogP contribution in [-0.2, 0) is 16.9 Å². The van der Waals surface area contributed by atoms with Gasteiger partial charge in [0.25, 0.3) is 0 Å². The molecule has 0 N–H and O–H groups in total. The van der Waals surface area contributed by atoms with E-state index in [2.05, 4.69) is 0 Å². The van der Waals surface area contributed by atoms with Crippen molar-refractivity contribution in [2.45, 2.75) is 31.9 Å². The van der Waals surface area contributed by atoms with E-state index < -0.39 is 6.67 Å². The van der Waals surface area contributed by atoms with Crippen LogP contribution in [0.3, 0.4) is 0 Å². The summed E-state index contributed by atoms with van der Waals surface area (Å²) in [6.45, 7) is 1.16. The Kier molecular flexibility index (Phi) is 2.14. The summed E-state index contributed by atoms with van der Waals surface area (Å²) in [5.41, 5.74) is 1.38. The molecule has 0 saturated heterocycles. The highest BCUT2D eigenvalue weighted by Crippen LogP contribution is 2.48. The Hall–Kier alpha value is -1.18. The van der Waals surface area contributed by atoms with E-state index >= 15 is 0 Å². The molecule has 1 aliphatic carbocycles. The number of benzene rings is 1. The molecule has 0 radical (unpaired) electrons. The summed E-state index contributed by atoms with van der Waals surface area (Å²) in [4.78, 5) is 11.4. The molecule has 0 atom stereocenters. The zero-order valence-electron chi connectivity index (χ0n) is 8.22. The Bertz CT molecular complexity index is 366. The predicted molar refractivity (Wildman–Crippen MR) is 52.8 cm³/mol. The molecular formula is C12H13FO. The van der Waals surface area contributed by atoms with Crippen molar-refractivity contribution in [1.82, 2.24) is 0 Å². The highest BCUT2D eigenvalue weighted by atomic mass is 19.1. The normalized spacial score (nSPS) is 17.9. The van der Waals surface area contributed by atoms with Gasteiger partial charge >= 0.3 is 0 Å². The lowest BCUT2D eigenvalue weighted by Gasteiger charge is -2.12. The first kappa shape index (κ1) is 9.38. The van der Waals surface area contributed by atoms with E-state index in [9.17, 15) is 9.18 Å². The van der Waals surface area contributed by atoms with E-state index in [-0.39, 0.29) is 11.2 Å². The Morgan fingerprint density at radius 2 is 2.21 bits per heavy atom. The maximum atomic E-state index is 12.4. The number of alkyl halides is 1. The van der Waals surface area contributed by atoms with Gasteiger partial charge in [-0.25, -0.2) is 4.39 Å². The molecule has 0 amide bonds. The molecule has 14 heavy (non-hydrogen) atoms. The van der Waals surface area contributed by atoms with Gasteiger partial charge in [-0.2, -0.15) is 0 Å². The molecule has 1 saturated carbocycles. The topological polar surface area (TPSA) is 17.1 Å². The van der Waals surface area contributed by atoms with Crippen LogP contribution in [0.4, 0.5) is 4.39 Å². The minimum Gasteiger partial charge on any atom is -0.299 e. The number of hydrogen-bond acceptors (Lipinski definition) is 1. The van der Waals surface area contributed by atoms with Crippen LogP contribution in [0.15, 0.2) is 24.3 Å². The molecule has 0 unspecified atom stereocenters. The third kappa shape index (κ3) is 1.35. The van der Waals surface area contributed by atoms with Gasteiger partial charge in [0.15, 0.2) is 0 Å². The first-order valence-corrected chi connectivity index (χ1v) is 4.85. The third-order valence-corrected chi connectivity index (χ3v) is 3.06. The maximum Gasteiger partial charge on any atom is 0.140 e. The van der Waals surface area contributed by atoms with E-state index in [1.807, 2.05) is 18.2 Å². The van der Waals surface area contributed by atoms with Gasteiger partial charge in [-0.1, -0.05) is 24.3 Å². The minimum absolute atomic E-state index is 0.202. The standard InChI is InChI=1S/C12H13FO/c1-9(14)12(5-6-12)11-4-2-3-10(7-11)8-13/h2-4,7H,5-6,8H2,1H3. The number of halogens is 1. The molecular weight excluding hydrogens is 179 g/mol. The van der Waals surface area contributed by atoms with E-state index in [1.54, 1.807) is 13.0 Å². The second-order valence-corrected chi connectivity index (χ2v) is 3.97. The van der Waals surface area contributed by atoms with Gasteiger partial charge in [0, 0.05) is 0 Å². The van der Waals surface area contributed by atoms with Gasteiger partial charge in [-0.15, -0.1) is 0 Å². The van der Waals surface area contributed by atoms with Crippen LogP contribution in [0.1, 0.15) is 30.9 Å². The summed E-state index contributed by atoms with van der Waals surface area (Å²) in [7, 11) is 0. The molecule has 0 aromatic heterocycles. The zero-order valence-corrected chi connectivity index (χ0v) is 8.22. The smallest absolute Gasteiger partial charge is 0.140 e. The van der Waals surface area contributed by atoms with Gasteiger partial charge in [-0.05, 0) is 30.9 Å². The van der Waals surface area contributed by atoms with E-state index in [0.29, 0.717) is 5.56 Å². The summed E-state index contributed by atoms with van der Waals surface area (Å²) in [5.74, 6) is 0.202. The maximum absolute atomic E-state index is 12.4. The lowest BCUT2D eigenvalue weighted by atomic mass is 9.91. The Labute approximate surface area is 82.9 Å². The van der Waals surface area contributed by atoms with Crippen LogP contribution in [-0.4, -0.2) is 5.78 Å². The summed E-state index contributed by atoms with van der Waals surface area (Å²) in [5, 5.41) is 0. The highest BCUT2D eigenvalue weighted by molar-refractivity contribution is 5.91. The van der Waals surface area contributed by atoms with Gasteiger partial charge < -0.3 is 0 Å². The molecule has 2 rings (SSSR count). The predicted octanol–water partition coefficient (Wildman–Crippen LogP) is 2.78. The quantitative estimate of drug-likeness (QED) is 0.719. The van der Waals surface area contributed by atoms with E-state index in [0.717, 1.165) is 18.4 Å². The van der Waals surface area contributed by atoms with Crippen LogP contribution in [0.25, 0.3) is 0 Å². The molecule has 1 aromatic rings. The second-order valence-electron chi connectivity index (χ2n) is 3.97. The van der Waals surface area contributed by atoms with Gasteiger partial charge in [0.05, 0.1) is 5.41 Å². The molecule has 1 aromatic carbocycles. The highest BCUT2D eigenvalue weighted by Gasteiger charge is 2.48. The molecule has 1 aliphatic rings. The molecule has 0 aliphatic heterocycles. The average Bonchev–Trinajstić information content (AvgIpc) is 2.98. The fraction of sp³-hybridized carbons (Fsp3) is 0.417. The number of rotatable bonds is 3. The molecule has 0 heterocycles. The van der Waals surface area contributed by atoms with Crippen LogP contribution in [0.5, 0.6) is 0 Å². The molecule has 0 spiro atoms. The second kappa shape index (κ2) is 3.19. The SMILES string of the molecule is CC(=O)C1(c2cccc(CF)c2)CC1. The number of carbonyl (C=O) groups excluding carboxylic acids is 1. The van der Waals surface area contributed by atoms with Gasteiger partial charge in [0.2, 0.25) is 0 Å². The summed E-state index contributed by atoms with van der Waals surface area (Å²) >= 11 is 0. The molecule has 0 bridgehead atoms.